The quantitative estimate of drug-likeness (QED) is 0.178. The summed E-state index contributed by atoms with van der Waals surface area (Å²) in [5.41, 5.74) is 1.73. The minimum atomic E-state index is -4.58. The minimum Gasteiger partial charge on any atom is -0.490 e. The Morgan fingerprint density at radius 2 is 1.79 bits per heavy atom. The van der Waals surface area contributed by atoms with Crippen molar-refractivity contribution in [3.63, 3.8) is 0 Å². The Morgan fingerprint density at radius 1 is 1.05 bits per heavy atom. The van der Waals surface area contributed by atoms with Crippen LogP contribution in [-0.2, 0) is 17.5 Å². The Labute approximate surface area is 254 Å². The fourth-order valence-electron chi connectivity index (χ4n) is 4.89. The highest BCUT2D eigenvalue weighted by atomic mass is 79.9. The number of ether oxygens (including phenoxy) is 2. The molecule has 222 valence electrons. The fourth-order valence-corrected chi connectivity index (χ4v) is 5.54. The number of hydrogen-bond donors (Lipinski definition) is 1. The molecular formula is C31H28BrClF4N2O3. The molecule has 5 nitrogen and oxygen atoms in total. The van der Waals surface area contributed by atoms with E-state index in [1.165, 1.54) is 24.3 Å². The molecule has 1 N–H and O–H groups in total. The van der Waals surface area contributed by atoms with Gasteiger partial charge in [0.15, 0.2) is 0 Å². The highest BCUT2D eigenvalue weighted by molar-refractivity contribution is 9.10. The van der Waals surface area contributed by atoms with Crippen LogP contribution >= 0.6 is 27.5 Å². The van der Waals surface area contributed by atoms with E-state index in [1.54, 1.807) is 11.0 Å². The van der Waals surface area contributed by atoms with Gasteiger partial charge in [0, 0.05) is 30.8 Å². The summed E-state index contributed by atoms with van der Waals surface area (Å²) in [4.78, 5) is 15.5. The van der Waals surface area contributed by atoms with Crippen LogP contribution in [-0.4, -0.2) is 43.2 Å². The van der Waals surface area contributed by atoms with E-state index in [0.717, 1.165) is 30.0 Å². The van der Waals surface area contributed by atoms with Crippen LogP contribution in [0.3, 0.4) is 0 Å². The van der Waals surface area contributed by atoms with Crippen molar-refractivity contribution in [3.8, 4) is 11.5 Å². The molecule has 0 atom stereocenters. The number of rotatable bonds is 10. The number of benzene rings is 3. The van der Waals surface area contributed by atoms with Gasteiger partial charge in [0.2, 0.25) is 0 Å². The number of carbonyl (C=O) groups is 1. The lowest BCUT2D eigenvalue weighted by atomic mass is 9.93. The molecule has 0 unspecified atom stereocenters. The number of alkyl halides is 3. The van der Waals surface area contributed by atoms with Crippen LogP contribution in [0, 0.1) is 5.82 Å². The average Bonchev–Trinajstić information content (AvgIpc) is 3.81. The molecule has 1 fully saturated rings. The van der Waals surface area contributed by atoms with E-state index in [-0.39, 0.29) is 42.3 Å². The molecule has 11 heteroatoms. The summed E-state index contributed by atoms with van der Waals surface area (Å²) in [6.45, 7) is 1.52. The van der Waals surface area contributed by atoms with E-state index in [9.17, 15) is 22.4 Å². The molecule has 5 rings (SSSR count). The van der Waals surface area contributed by atoms with E-state index in [4.69, 9.17) is 21.1 Å². The second-order valence-corrected chi connectivity index (χ2v) is 11.4. The van der Waals surface area contributed by atoms with Gasteiger partial charge in [-0.15, -0.1) is 0 Å². The summed E-state index contributed by atoms with van der Waals surface area (Å²) in [7, 11) is 0. The van der Waals surface area contributed by atoms with Crippen LogP contribution in [0.4, 0.5) is 17.6 Å². The van der Waals surface area contributed by atoms with Crippen molar-refractivity contribution in [2.45, 2.75) is 38.0 Å². The molecule has 1 aliphatic carbocycles. The van der Waals surface area contributed by atoms with E-state index < -0.39 is 17.6 Å². The highest BCUT2D eigenvalue weighted by Crippen LogP contribution is 2.39. The first-order valence-electron chi connectivity index (χ1n) is 13.5. The number of nitrogens with one attached hydrogen (secondary N) is 1. The van der Waals surface area contributed by atoms with Gasteiger partial charge < -0.3 is 19.7 Å². The smallest absolute Gasteiger partial charge is 0.417 e. The van der Waals surface area contributed by atoms with E-state index in [2.05, 4.69) is 21.2 Å². The van der Waals surface area contributed by atoms with Gasteiger partial charge in [-0.2, -0.15) is 13.2 Å². The number of carbonyl (C=O) groups excluding carboxylic acids is 1. The van der Waals surface area contributed by atoms with Crippen LogP contribution < -0.4 is 14.8 Å². The molecular weight excluding hydrogens is 640 g/mol. The number of amides is 1. The van der Waals surface area contributed by atoms with Crippen LogP contribution in [0.15, 0.2) is 70.7 Å². The first kappa shape index (κ1) is 30.4. The standard InChI is InChI=1S/C31H28BrClF4N2O3/c32-27-11-6-21(34)16-28(27)42-15-14-41-23-9-4-19(5-10-23)24-12-13-38-17-25(24)30(40)39(22-7-8-22)18-20-2-1-3-26(29(20)33)31(35,36)37/h1-6,9-11,16,22,38H,7-8,12-15,17-18H2. The number of nitrogens with zero attached hydrogens (tertiary/aromatic N) is 1. The van der Waals surface area contributed by atoms with Gasteiger partial charge in [-0.3, -0.25) is 4.79 Å². The third-order valence-electron chi connectivity index (χ3n) is 7.15. The minimum absolute atomic E-state index is 0.00404. The molecule has 0 saturated heterocycles. The lowest BCUT2D eigenvalue weighted by Gasteiger charge is -2.29. The molecule has 0 spiro atoms. The maximum Gasteiger partial charge on any atom is 0.417 e. The van der Waals surface area contributed by atoms with Gasteiger partial charge in [-0.05, 0) is 88.8 Å². The topological polar surface area (TPSA) is 50.8 Å². The van der Waals surface area contributed by atoms with Crippen LogP contribution in [0.2, 0.25) is 5.02 Å². The summed E-state index contributed by atoms with van der Waals surface area (Å²) in [6, 6.07) is 15.4. The third-order valence-corrected chi connectivity index (χ3v) is 8.26. The van der Waals surface area contributed by atoms with Gasteiger partial charge >= 0.3 is 6.18 Å². The van der Waals surface area contributed by atoms with Gasteiger partial charge in [0.05, 0.1) is 15.1 Å². The molecule has 1 saturated carbocycles. The first-order chi connectivity index (χ1) is 20.1. The van der Waals surface area contributed by atoms with E-state index in [1.807, 2.05) is 24.3 Å². The zero-order valence-corrected chi connectivity index (χ0v) is 24.8. The fraction of sp³-hybridized carbons (Fsp3) is 0.323. The van der Waals surface area contributed by atoms with Gasteiger partial charge in [-0.1, -0.05) is 35.9 Å². The predicted octanol–water partition coefficient (Wildman–Crippen LogP) is 7.66. The normalized spacial score (nSPS) is 15.5. The van der Waals surface area contributed by atoms with Gasteiger partial charge in [0.1, 0.15) is 30.5 Å². The summed E-state index contributed by atoms with van der Waals surface area (Å²) in [6.07, 6.45) is -2.36. The lowest BCUT2D eigenvalue weighted by Crippen LogP contribution is -2.39. The van der Waals surface area contributed by atoms with E-state index >= 15 is 0 Å². The van der Waals surface area contributed by atoms with Crippen LogP contribution in [0.25, 0.3) is 5.57 Å². The molecule has 3 aromatic rings. The van der Waals surface area contributed by atoms with Crippen molar-refractivity contribution in [2.24, 2.45) is 0 Å². The Balaban J connectivity index is 1.28. The van der Waals surface area contributed by atoms with Crippen molar-refractivity contribution in [3.05, 3.63) is 98.2 Å². The maximum atomic E-state index is 13.9. The zero-order chi connectivity index (χ0) is 29.9. The molecule has 3 aromatic carbocycles. The Bertz CT molecular complexity index is 1480. The highest BCUT2D eigenvalue weighted by Gasteiger charge is 2.38. The Morgan fingerprint density at radius 3 is 2.50 bits per heavy atom. The van der Waals surface area contributed by atoms with Crippen molar-refractivity contribution < 1.29 is 31.8 Å². The van der Waals surface area contributed by atoms with E-state index in [0.29, 0.717) is 41.1 Å². The molecule has 42 heavy (non-hydrogen) atoms. The molecule has 0 aromatic heterocycles. The van der Waals surface area contributed by atoms with Crippen LogP contribution in [0.1, 0.15) is 36.0 Å². The molecule has 1 amide bonds. The number of halogens is 6. The average molecular weight is 668 g/mol. The maximum absolute atomic E-state index is 13.9. The summed E-state index contributed by atoms with van der Waals surface area (Å²) in [5, 5.41) is 2.88. The largest absolute Gasteiger partial charge is 0.490 e. The molecule has 0 bridgehead atoms. The second-order valence-electron chi connectivity index (χ2n) is 10.1. The molecule has 0 radical (unpaired) electrons. The van der Waals surface area contributed by atoms with Crippen LogP contribution in [0.5, 0.6) is 11.5 Å². The predicted molar refractivity (Wildman–Crippen MR) is 156 cm³/mol. The Kier molecular flexibility index (Phi) is 9.44. The van der Waals surface area contributed by atoms with Crippen molar-refractivity contribution in [1.29, 1.82) is 0 Å². The van der Waals surface area contributed by atoms with Crippen molar-refractivity contribution in [1.82, 2.24) is 10.2 Å². The van der Waals surface area contributed by atoms with Gasteiger partial charge in [0.25, 0.3) is 5.91 Å². The number of hydrogen-bond acceptors (Lipinski definition) is 4. The molecule has 2 aliphatic rings. The Hall–Kier alpha value is -3.08. The second kappa shape index (κ2) is 13.1. The zero-order valence-electron chi connectivity index (χ0n) is 22.4. The third kappa shape index (κ3) is 7.27. The SMILES string of the molecule is O=C(C1=C(c2ccc(OCCOc3cc(F)ccc3Br)cc2)CCNC1)N(Cc1cccc(C(F)(F)F)c1Cl)C1CC1. The molecule has 1 aliphatic heterocycles. The monoisotopic (exact) mass is 666 g/mol. The van der Waals surface area contributed by atoms with Crippen molar-refractivity contribution in [2.75, 3.05) is 26.3 Å². The lowest BCUT2D eigenvalue weighted by molar-refractivity contribution is -0.137. The summed E-state index contributed by atoms with van der Waals surface area (Å²) >= 11 is 9.49. The molecule has 1 heterocycles. The van der Waals surface area contributed by atoms with Crippen molar-refractivity contribution >= 4 is 39.0 Å². The summed E-state index contributed by atoms with van der Waals surface area (Å²) in [5.74, 6) is 0.407. The summed E-state index contributed by atoms with van der Waals surface area (Å²) < 4.78 is 65.7. The first-order valence-corrected chi connectivity index (χ1v) is 14.7. The van der Waals surface area contributed by atoms with Gasteiger partial charge in [-0.25, -0.2) is 4.39 Å².